The van der Waals surface area contributed by atoms with Crippen molar-refractivity contribution in [3.8, 4) is 0 Å². The Labute approximate surface area is 84.2 Å². The molecule has 1 N–H and O–H groups in total. The average Bonchev–Trinajstić information content (AvgIpc) is 2.37. The van der Waals surface area contributed by atoms with Gasteiger partial charge < -0.3 is 5.32 Å². The van der Waals surface area contributed by atoms with Gasteiger partial charge >= 0.3 is 0 Å². The van der Waals surface area contributed by atoms with E-state index in [-0.39, 0.29) is 5.91 Å². The van der Waals surface area contributed by atoms with Gasteiger partial charge in [-0.2, -0.15) is 0 Å². The van der Waals surface area contributed by atoms with Crippen LogP contribution >= 0.6 is 0 Å². The maximum Gasteiger partial charge on any atom is 0.216 e. The molecule has 2 saturated carbocycles. The summed E-state index contributed by atoms with van der Waals surface area (Å²) in [6.07, 6.45) is 4.02. The molecule has 14 heavy (non-hydrogen) atoms. The highest BCUT2D eigenvalue weighted by atomic mass is 16.1. The standard InChI is InChI=1S/C11H17NO2/c1-7(13)12-6-9-2-8-3-10(4-9)11(14)5-8/h8-10H,2-6H2,1H3,(H,12,13)/t8-,9+,10?/m0/s1. The third-order valence-electron chi connectivity index (χ3n) is 3.49. The van der Waals surface area contributed by atoms with Gasteiger partial charge in [-0.1, -0.05) is 0 Å². The summed E-state index contributed by atoms with van der Waals surface area (Å²) in [7, 11) is 0. The Morgan fingerprint density at radius 2 is 2.21 bits per heavy atom. The monoisotopic (exact) mass is 195 g/mol. The zero-order valence-electron chi connectivity index (χ0n) is 8.58. The highest BCUT2D eigenvalue weighted by Gasteiger charge is 2.39. The van der Waals surface area contributed by atoms with Crippen LogP contribution in [0.15, 0.2) is 0 Å². The lowest BCUT2D eigenvalue weighted by atomic mass is 9.81. The molecule has 2 aliphatic rings. The third kappa shape index (κ3) is 1.97. The maximum atomic E-state index is 11.5. The van der Waals surface area contributed by atoms with Crippen LogP contribution in [-0.4, -0.2) is 18.2 Å². The van der Waals surface area contributed by atoms with E-state index in [1.807, 2.05) is 0 Å². The number of amides is 1. The molecule has 3 nitrogen and oxygen atoms in total. The SMILES string of the molecule is CC(=O)NC[C@H]1CC2C[C@@H](CC2=O)C1. The molecule has 3 heteroatoms. The minimum atomic E-state index is 0.0363. The molecule has 0 spiro atoms. The lowest BCUT2D eigenvalue weighted by Gasteiger charge is -2.26. The lowest BCUT2D eigenvalue weighted by molar-refractivity contribution is -0.120. The van der Waals surface area contributed by atoms with Crippen molar-refractivity contribution in [2.75, 3.05) is 6.54 Å². The third-order valence-corrected chi connectivity index (χ3v) is 3.49. The maximum absolute atomic E-state index is 11.5. The number of hydrogen-bond donors (Lipinski definition) is 1. The summed E-state index contributed by atoms with van der Waals surface area (Å²) in [5.41, 5.74) is 0. The fourth-order valence-electron chi connectivity index (χ4n) is 2.90. The molecule has 1 unspecified atom stereocenters. The Bertz CT molecular complexity index is 262. The minimum Gasteiger partial charge on any atom is -0.356 e. The molecule has 0 aliphatic heterocycles. The molecule has 0 aromatic rings. The first kappa shape index (κ1) is 9.69. The van der Waals surface area contributed by atoms with E-state index in [4.69, 9.17) is 0 Å². The van der Waals surface area contributed by atoms with Gasteiger partial charge in [0.15, 0.2) is 0 Å². The normalized spacial score (nSPS) is 35.8. The topological polar surface area (TPSA) is 46.2 Å². The lowest BCUT2D eigenvalue weighted by Crippen LogP contribution is -2.30. The molecule has 2 bridgehead atoms. The van der Waals surface area contributed by atoms with Crippen molar-refractivity contribution in [1.82, 2.24) is 5.32 Å². The number of fused-ring (bicyclic) bond motifs is 2. The fourth-order valence-corrected chi connectivity index (χ4v) is 2.90. The van der Waals surface area contributed by atoms with Crippen molar-refractivity contribution in [2.24, 2.45) is 17.8 Å². The molecule has 3 atom stereocenters. The van der Waals surface area contributed by atoms with Gasteiger partial charge in [-0.15, -0.1) is 0 Å². The molecule has 1 amide bonds. The van der Waals surface area contributed by atoms with Crippen molar-refractivity contribution >= 4 is 11.7 Å². The molecule has 0 aromatic carbocycles. The summed E-state index contributed by atoms with van der Waals surface area (Å²) in [6, 6.07) is 0. The van der Waals surface area contributed by atoms with Gasteiger partial charge in [0, 0.05) is 25.8 Å². The number of rotatable bonds is 2. The van der Waals surface area contributed by atoms with Crippen LogP contribution in [0.25, 0.3) is 0 Å². The highest BCUT2D eigenvalue weighted by Crippen LogP contribution is 2.42. The Balaban J connectivity index is 1.86. The van der Waals surface area contributed by atoms with Crippen molar-refractivity contribution in [3.05, 3.63) is 0 Å². The largest absolute Gasteiger partial charge is 0.356 e. The summed E-state index contributed by atoms with van der Waals surface area (Å²) < 4.78 is 0. The molecule has 0 aromatic heterocycles. The summed E-state index contributed by atoms with van der Waals surface area (Å²) in [6.45, 7) is 2.30. The minimum absolute atomic E-state index is 0.0363. The zero-order chi connectivity index (χ0) is 10.1. The van der Waals surface area contributed by atoms with Gasteiger partial charge in [0.2, 0.25) is 5.91 Å². The molecule has 2 rings (SSSR count). The van der Waals surface area contributed by atoms with E-state index < -0.39 is 0 Å². The van der Waals surface area contributed by atoms with Crippen molar-refractivity contribution < 1.29 is 9.59 Å². The van der Waals surface area contributed by atoms with Gasteiger partial charge in [0.25, 0.3) is 0 Å². The van der Waals surface area contributed by atoms with E-state index in [1.54, 1.807) is 6.92 Å². The average molecular weight is 195 g/mol. The van der Waals surface area contributed by atoms with E-state index >= 15 is 0 Å². The fraction of sp³-hybridized carbons (Fsp3) is 0.818. The van der Waals surface area contributed by atoms with Crippen molar-refractivity contribution in [3.63, 3.8) is 0 Å². The van der Waals surface area contributed by atoms with E-state index in [0.717, 1.165) is 32.2 Å². The first-order valence-corrected chi connectivity index (χ1v) is 5.42. The van der Waals surface area contributed by atoms with Gasteiger partial charge in [0.1, 0.15) is 5.78 Å². The second kappa shape index (κ2) is 3.71. The number of carbonyl (C=O) groups is 2. The molecule has 0 radical (unpaired) electrons. The summed E-state index contributed by atoms with van der Waals surface area (Å²) >= 11 is 0. The van der Waals surface area contributed by atoms with Crippen LogP contribution in [0.2, 0.25) is 0 Å². The highest BCUT2D eigenvalue weighted by molar-refractivity contribution is 5.83. The molecule has 0 saturated heterocycles. The van der Waals surface area contributed by atoms with Crippen molar-refractivity contribution in [1.29, 1.82) is 0 Å². The van der Waals surface area contributed by atoms with E-state index in [0.29, 0.717) is 23.5 Å². The van der Waals surface area contributed by atoms with Gasteiger partial charge in [0.05, 0.1) is 0 Å². The second-order valence-corrected chi connectivity index (χ2v) is 4.74. The molecule has 2 aliphatic carbocycles. The van der Waals surface area contributed by atoms with Crippen LogP contribution in [0, 0.1) is 17.8 Å². The number of nitrogens with one attached hydrogen (secondary N) is 1. The quantitative estimate of drug-likeness (QED) is 0.718. The van der Waals surface area contributed by atoms with Gasteiger partial charge in [-0.25, -0.2) is 0 Å². The number of Topliss-reactive ketones (excluding diaryl/α,β-unsaturated/α-hetero) is 1. The zero-order valence-corrected chi connectivity index (χ0v) is 8.58. The summed E-state index contributed by atoms with van der Waals surface area (Å²) in [5, 5.41) is 2.85. The van der Waals surface area contributed by atoms with Crippen LogP contribution in [-0.2, 0) is 9.59 Å². The van der Waals surface area contributed by atoms with E-state index in [2.05, 4.69) is 5.32 Å². The second-order valence-electron chi connectivity index (χ2n) is 4.74. The predicted molar refractivity (Wildman–Crippen MR) is 52.6 cm³/mol. The summed E-state index contributed by atoms with van der Waals surface area (Å²) in [5.74, 6) is 1.95. The van der Waals surface area contributed by atoms with Gasteiger partial charge in [-0.3, -0.25) is 9.59 Å². The van der Waals surface area contributed by atoms with Crippen LogP contribution in [0.5, 0.6) is 0 Å². The van der Waals surface area contributed by atoms with Crippen LogP contribution in [0.3, 0.4) is 0 Å². The smallest absolute Gasteiger partial charge is 0.216 e. The van der Waals surface area contributed by atoms with Gasteiger partial charge in [-0.05, 0) is 31.1 Å². The van der Waals surface area contributed by atoms with E-state index in [1.165, 1.54) is 0 Å². The Hall–Kier alpha value is -0.860. The van der Waals surface area contributed by atoms with Crippen LogP contribution in [0.1, 0.15) is 32.6 Å². The van der Waals surface area contributed by atoms with E-state index in [9.17, 15) is 9.59 Å². The molecular formula is C11H17NO2. The van der Waals surface area contributed by atoms with Crippen LogP contribution < -0.4 is 5.32 Å². The van der Waals surface area contributed by atoms with Crippen LogP contribution in [0.4, 0.5) is 0 Å². The Kier molecular flexibility index (Phi) is 2.57. The molecular weight excluding hydrogens is 178 g/mol. The molecule has 2 fully saturated rings. The summed E-state index contributed by atoms with van der Waals surface area (Å²) in [4.78, 5) is 22.2. The molecule has 0 heterocycles. The number of hydrogen-bond acceptors (Lipinski definition) is 2. The van der Waals surface area contributed by atoms with Crippen molar-refractivity contribution in [2.45, 2.75) is 32.6 Å². The first-order chi connectivity index (χ1) is 6.65. The molecule has 78 valence electrons. The number of carbonyl (C=O) groups excluding carboxylic acids is 2. The first-order valence-electron chi connectivity index (χ1n) is 5.42. The predicted octanol–water partition coefficient (Wildman–Crippen LogP) is 1.13. The Morgan fingerprint density at radius 1 is 1.43 bits per heavy atom. The Morgan fingerprint density at radius 3 is 2.86 bits per heavy atom. The number of ketones is 1.